The Bertz CT molecular complexity index is 2660. The van der Waals surface area contributed by atoms with Crippen LogP contribution in [0.15, 0.2) is 52.9 Å². The normalized spacial score (nSPS) is 47.5. The standard InChI is InChI=1S/C59H88N2O18S/c1-29-17-22-59(72-28-29)30(2)44-41(79-59)26-39-37-16-15-33-25-34(18-20-57(33,5)38(37)19-21-58(39,44)6)75-56-53(78-54-48(66)46(64)45(63)31(3)73-54)50(68)52(42(27-62)76-56)77-55-49(67)47(65)51(32(4)74-55)71-24-23-60-80(69,70)43-14-10-11-35-36(43)12-9-13-40(35)61(7)8/h9-15,29-32,34,37-39,41-42,44-56,60,62-68H,16-28H2,1-8H3/t29-,30+,31-,32-,34+,37-,38+,39+,41+,42-,44+,45-,46+,47-,48+,49+,50+,51-,52-,53-,54-,55-,56-,57+,58+,59-/m1/s1. The Morgan fingerprint density at radius 1 is 0.738 bits per heavy atom. The molecule has 2 aromatic rings. The van der Waals surface area contributed by atoms with Crippen molar-refractivity contribution in [1.82, 2.24) is 4.72 Å². The van der Waals surface area contributed by atoms with Crippen LogP contribution in [0.5, 0.6) is 0 Å². The maximum Gasteiger partial charge on any atom is 0.241 e. The van der Waals surface area contributed by atoms with Crippen molar-refractivity contribution in [3.05, 3.63) is 48.0 Å². The van der Waals surface area contributed by atoms with Crippen LogP contribution < -0.4 is 9.62 Å². The predicted octanol–water partition coefficient (Wildman–Crippen LogP) is 3.46. The fraction of sp³-hybridized carbons (Fsp3) is 0.797. The highest BCUT2D eigenvalue weighted by Gasteiger charge is 2.69. The van der Waals surface area contributed by atoms with Gasteiger partial charge in [-0.2, -0.15) is 0 Å². The summed E-state index contributed by atoms with van der Waals surface area (Å²) < 4.78 is 86.9. The second-order valence-electron chi connectivity index (χ2n) is 25.8. The zero-order valence-corrected chi connectivity index (χ0v) is 48.3. The summed E-state index contributed by atoms with van der Waals surface area (Å²) in [6.07, 6.45) is -11.1. The van der Waals surface area contributed by atoms with E-state index in [1.807, 2.05) is 31.1 Å². The van der Waals surface area contributed by atoms with Gasteiger partial charge < -0.3 is 83.3 Å². The number of aliphatic hydroxyl groups excluding tert-OH is 7. The summed E-state index contributed by atoms with van der Waals surface area (Å²) in [6, 6.07) is 10.5. The number of hydrogen-bond acceptors (Lipinski definition) is 19. The molecule has 0 bridgehead atoms. The van der Waals surface area contributed by atoms with Crippen molar-refractivity contribution in [1.29, 1.82) is 0 Å². The van der Waals surface area contributed by atoms with Gasteiger partial charge in [0.05, 0.1) is 49.1 Å². The van der Waals surface area contributed by atoms with Gasteiger partial charge in [-0.1, -0.05) is 63.6 Å². The Morgan fingerprint density at radius 3 is 2.17 bits per heavy atom. The van der Waals surface area contributed by atoms with Gasteiger partial charge in [0, 0.05) is 49.4 Å². The zero-order chi connectivity index (χ0) is 57.0. The highest BCUT2D eigenvalue weighted by molar-refractivity contribution is 7.89. The lowest BCUT2D eigenvalue weighted by Crippen LogP contribution is -2.66. The van der Waals surface area contributed by atoms with Gasteiger partial charge in [-0.25, -0.2) is 13.1 Å². The van der Waals surface area contributed by atoms with E-state index in [-0.39, 0.29) is 35.0 Å². The number of ether oxygens (including phenoxy) is 9. The summed E-state index contributed by atoms with van der Waals surface area (Å²) >= 11 is 0. The zero-order valence-electron chi connectivity index (χ0n) is 47.5. The van der Waals surface area contributed by atoms with Crippen LogP contribution in [0.2, 0.25) is 0 Å². The Balaban J connectivity index is 0.749. The molecule has 11 rings (SSSR count). The number of nitrogens with zero attached hydrogens (tertiary/aromatic N) is 1. The minimum absolute atomic E-state index is 0.0558. The van der Waals surface area contributed by atoms with Gasteiger partial charge in [0.2, 0.25) is 10.0 Å². The van der Waals surface area contributed by atoms with Gasteiger partial charge >= 0.3 is 0 Å². The van der Waals surface area contributed by atoms with Crippen molar-refractivity contribution >= 4 is 26.5 Å². The van der Waals surface area contributed by atoms with E-state index in [1.165, 1.54) is 18.6 Å². The average Bonchev–Trinajstić information content (AvgIpc) is 3.89. The predicted molar refractivity (Wildman–Crippen MR) is 290 cm³/mol. The maximum atomic E-state index is 13.6. The van der Waals surface area contributed by atoms with E-state index < -0.39 is 121 Å². The summed E-state index contributed by atoms with van der Waals surface area (Å²) in [5.41, 5.74) is 2.30. The Kier molecular flexibility index (Phi) is 16.8. The average molecular weight is 1150 g/mol. The molecule has 8 fully saturated rings. The lowest BCUT2D eigenvalue weighted by molar-refractivity contribution is -0.389. The second-order valence-corrected chi connectivity index (χ2v) is 27.6. The third-order valence-electron chi connectivity index (χ3n) is 21.0. The van der Waals surface area contributed by atoms with Gasteiger partial charge in [-0.3, -0.25) is 0 Å². The van der Waals surface area contributed by atoms with E-state index in [4.69, 9.17) is 42.6 Å². The third-order valence-corrected chi connectivity index (χ3v) is 22.5. The monoisotopic (exact) mass is 1140 g/mol. The van der Waals surface area contributed by atoms with Gasteiger partial charge in [-0.15, -0.1) is 0 Å². The maximum absolute atomic E-state index is 13.6. The number of anilines is 1. The van der Waals surface area contributed by atoms with Crippen LogP contribution in [-0.2, 0) is 52.7 Å². The molecular formula is C59H88N2O18S. The first kappa shape index (κ1) is 59.2. The summed E-state index contributed by atoms with van der Waals surface area (Å²) in [7, 11) is -0.250. The number of aliphatic hydroxyl groups is 7. The van der Waals surface area contributed by atoms with E-state index in [2.05, 4.69) is 38.5 Å². The molecule has 448 valence electrons. The molecule has 8 N–H and O–H groups in total. The van der Waals surface area contributed by atoms with Crippen LogP contribution in [-0.4, -0.2) is 195 Å². The van der Waals surface area contributed by atoms with Gasteiger partial charge in [-0.05, 0) is 118 Å². The SMILES string of the molecule is C[C@@H]1CC[C@@]2(OC1)O[C@H]1C[C@H]3[C@@H]4CC=C5C[C@@H](O[C@@H]6O[C@H](CO)[C@@H](O[C@H]7O[C@H](C)[C@@H](OCCNS(=O)(=O)c8cccc9c(N(C)C)cccc89)[C@H](O)[C@@H]7O)[C@H](O)[C@H]6O[C@H]6O[C@H](C)[C@@H](O)[C@H](O)[C@@H]6O)CC[C@]5(C)[C@H]4CC[C@]3(C)[C@H]1[C@@H]2C. The van der Waals surface area contributed by atoms with E-state index in [0.717, 1.165) is 62.6 Å². The number of fused-ring (bicyclic) bond motifs is 8. The molecule has 26 atom stereocenters. The number of sulfonamides is 1. The first-order chi connectivity index (χ1) is 38.0. The quantitative estimate of drug-likeness (QED) is 0.0994. The van der Waals surface area contributed by atoms with Crippen molar-refractivity contribution in [3.8, 4) is 0 Å². The first-order valence-electron chi connectivity index (χ1n) is 29.4. The van der Waals surface area contributed by atoms with Crippen molar-refractivity contribution < 1.29 is 86.8 Å². The Morgan fingerprint density at radius 2 is 1.45 bits per heavy atom. The molecule has 20 nitrogen and oxygen atoms in total. The molecule has 0 unspecified atom stereocenters. The van der Waals surface area contributed by atoms with Crippen molar-refractivity contribution in [2.24, 2.45) is 46.3 Å². The van der Waals surface area contributed by atoms with Crippen molar-refractivity contribution in [3.63, 3.8) is 0 Å². The van der Waals surface area contributed by atoms with Crippen LogP contribution >= 0.6 is 0 Å². The summed E-state index contributed by atoms with van der Waals surface area (Å²) in [4.78, 5) is 2.00. The van der Waals surface area contributed by atoms with Crippen LogP contribution in [0, 0.1) is 46.3 Å². The number of benzene rings is 2. The fourth-order valence-corrected chi connectivity index (χ4v) is 17.8. The van der Waals surface area contributed by atoms with Crippen LogP contribution in [0.4, 0.5) is 5.69 Å². The van der Waals surface area contributed by atoms with Crippen LogP contribution in [0.3, 0.4) is 0 Å². The summed E-state index contributed by atoms with van der Waals surface area (Å²) in [5.74, 6) is 2.47. The molecule has 80 heavy (non-hydrogen) atoms. The first-order valence-corrected chi connectivity index (χ1v) is 30.9. The molecule has 21 heteroatoms. The lowest BCUT2D eigenvalue weighted by Gasteiger charge is -2.58. The molecule has 9 aliphatic rings. The van der Waals surface area contributed by atoms with E-state index in [0.29, 0.717) is 53.7 Å². The number of allylic oxidation sites excluding steroid dienone is 1. The minimum Gasteiger partial charge on any atom is -0.394 e. The largest absolute Gasteiger partial charge is 0.394 e. The molecule has 5 heterocycles. The third kappa shape index (κ3) is 10.3. The topological polar surface area (TPSA) is 274 Å². The summed E-state index contributed by atoms with van der Waals surface area (Å²) in [5, 5.41) is 79.9. The van der Waals surface area contributed by atoms with Crippen molar-refractivity contribution in [2.75, 3.05) is 45.4 Å². The highest BCUT2D eigenvalue weighted by atomic mass is 32.2. The minimum atomic E-state index is -4.01. The second kappa shape index (κ2) is 22.7. The van der Waals surface area contributed by atoms with Crippen LogP contribution in [0.25, 0.3) is 10.8 Å². The molecule has 5 saturated heterocycles. The number of nitrogens with one attached hydrogen (secondary N) is 1. The van der Waals surface area contributed by atoms with Gasteiger partial charge in [0.25, 0.3) is 0 Å². The number of rotatable bonds is 14. The van der Waals surface area contributed by atoms with E-state index >= 15 is 0 Å². The molecular weight excluding hydrogens is 1060 g/mol. The number of hydrogen-bond donors (Lipinski definition) is 8. The Hall–Kier alpha value is -2.49. The molecule has 0 radical (unpaired) electrons. The molecule has 2 aromatic carbocycles. The molecule has 1 spiro atoms. The smallest absolute Gasteiger partial charge is 0.241 e. The molecule has 3 saturated carbocycles. The lowest BCUT2D eigenvalue weighted by atomic mass is 9.47. The van der Waals surface area contributed by atoms with E-state index in [9.17, 15) is 44.2 Å². The molecule has 0 aromatic heterocycles. The Labute approximate surface area is 470 Å². The van der Waals surface area contributed by atoms with Gasteiger partial charge in [0.1, 0.15) is 61.0 Å². The highest BCUT2D eigenvalue weighted by Crippen LogP contribution is 2.71. The van der Waals surface area contributed by atoms with E-state index in [1.54, 1.807) is 25.1 Å². The van der Waals surface area contributed by atoms with Crippen molar-refractivity contribution in [2.45, 2.75) is 214 Å². The molecule has 0 amide bonds. The summed E-state index contributed by atoms with van der Waals surface area (Å²) in [6.45, 7) is 12.4. The molecule has 5 aliphatic heterocycles. The fourth-order valence-electron chi connectivity index (χ4n) is 16.5. The molecule has 4 aliphatic carbocycles. The van der Waals surface area contributed by atoms with Gasteiger partial charge in [0.15, 0.2) is 24.7 Å². The van der Waals surface area contributed by atoms with Crippen LogP contribution in [0.1, 0.15) is 99.3 Å².